The van der Waals surface area contributed by atoms with Crippen LogP contribution in [0.15, 0.2) is 5.16 Å². The number of alkyl halides is 1. The van der Waals surface area contributed by atoms with Crippen LogP contribution in [0, 0.1) is 29.6 Å². The summed E-state index contributed by atoms with van der Waals surface area (Å²) in [5.41, 5.74) is 0.0360. The highest BCUT2D eigenvalue weighted by molar-refractivity contribution is 6.73. The summed E-state index contributed by atoms with van der Waals surface area (Å²) in [5.74, 6) is -9.48. The summed E-state index contributed by atoms with van der Waals surface area (Å²) in [6.07, 6.45) is -0.870. The number of carbonyl (C=O) groups excluding carboxylic acids is 4. The van der Waals surface area contributed by atoms with E-state index in [0.717, 1.165) is 32.0 Å². The Morgan fingerprint density at radius 2 is 1.67 bits per heavy atom. The van der Waals surface area contributed by atoms with Gasteiger partial charge in [-0.3, -0.25) is 14.4 Å². The van der Waals surface area contributed by atoms with Gasteiger partial charge in [0.2, 0.25) is 0 Å². The predicted octanol–water partition coefficient (Wildman–Crippen LogP) is 4.77. The largest absolute Gasteiger partial charge is 0.455 e. The second-order valence-electron chi connectivity index (χ2n) is 17.1. The van der Waals surface area contributed by atoms with Crippen LogP contribution in [0.2, 0.25) is 17.6 Å². The van der Waals surface area contributed by atoms with Crippen LogP contribution in [-0.2, 0) is 42.9 Å². The number of hydrogen-bond acceptors (Lipinski definition) is 13. The zero-order chi connectivity index (χ0) is 41.8. The zero-order valence-corrected chi connectivity index (χ0v) is 36.1. The normalized spacial score (nSPS) is 39.3. The van der Waals surface area contributed by atoms with Crippen molar-refractivity contribution in [2.75, 3.05) is 27.3 Å². The van der Waals surface area contributed by atoms with Gasteiger partial charge in [-0.15, -0.1) is 0 Å². The van der Waals surface area contributed by atoms with Gasteiger partial charge in [0.15, 0.2) is 31.8 Å². The van der Waals surface area contributed by atoms with E-state index in [9.17, 15) is 29.2 Å². The van der Waals surface area contributed by atoms with Crippen molar-refractivity contribution in [2.24, 2.45) is 40.5 Å². The number of ketones is 2. The maximum atomic E-state index is 16.4. The minimum absolute atomic E-state index is 0.0296. The molecule has 0 spiro atoms. The van der Waals surface area contributed by atoms with Crippen LogP contribution in [-0.4, -0.2) is 121 Å². The summed E-state index contributed by atoms with van der Waals surface area (Å²) in [7, 11) is 1.08. The van der Waals surface area contributed by atoms with Gasteiger partial charge < -0.3 is 44.3 Å². The Hall–Kier alpha value is -2.50. The molecule has 0 radical (unpaired) electrons. The molecule has 3 aliphatic rings. The van der Waals surface area contributed by atoms with Gasteiger partial charge in [0.1, 0.15) is 17.8 Å². The van der Waals surface area contributed by atoms with Crippen molar-refractivity contribution >= 4 is 37.7 Å². The van der Waals surface area contributed by atoms with Crippen LogP contribution in [0.4, 0.5) is 4.39 Å². The quantitative estimate of drug-likeness (QED) is 0.0465. The Balaban J connectivity index is 2.01. The molecule has 55 heavy (non-hydrogen) atoms. The van der Waals surface area contributed by atoms with Crippen molar-refractivity contribution in [1.29, 1.82) is 0 Å². The number of cyclic esters (lactones) is 1. The number of fused-ring (bicyclic) bond motifs is 1. The number of Topliss-reactive ketones (excluding diaryl/α,β-unsaturated/α-hetero) is 2. The predicted molar refractivity (Wildman–Crippen MR) is 205 cm³/mol. The van der Waals surface area contributed by atoms with Gasteiger partial charge in [0.05, 0.1) is 18.3 Å². The maximum Gasteiger partial charge on any atom is 0.351 e. The lowest BCUT2D eigenvalue weighted by atomic mass is 9.67. The van der Waals surface area contributed by atoms with Crippen molar-refractivity contribution in [2.45, 2.75) is 160 Å². The average molecular weight is 802 g/mol. The van der Waals surface area contributed by atoms with Crippen LogP contribution in [0.1, 0.15) is 101 Å². The summed E-state index contributed by atoms with van der Waals surface area (Å²) in [5, 5.41) is 12.7. The summed E-state index contributed by atoms with van der Waals surface area (Å²) < 4.78 is 46.7. The van der Waals surface area contributed by atoms with Crippen molar-refractivity contribution < 1.29 is 57.3 Å². The number of rotatable bonds is 12. The summed E-state index contributed by atoms with van der Waals surface area (Å²) in [6.45, 7) is 17.6. The van der Waals surface area contributed by atoms with Crippen molar-refractivity contribution in [3.05, 3.63) is 0 Å². The Labute approximate surface area is 327 Å². The number of oxime groups is 1. The van der Waals surface area contributed by atoms with E-state index in [0.29, 0.717) is 6.42 Å². The third-order valence-electron chi connectivity index (χ3n) is 13.2. The van der Waals surface area contributed by atoms with Gasteiger partial charge in [0.25, 0.3) is 5.67 Å². The summed E-state index contributed by atoms with van der Waals surface area (Å²) in [4.78, 5) is 68.7. The summed E-state index contributed by atoms with van der Waals surface area (Å²) >= 11 is 0. The number of nitrogens with zero attached hydrogens (tertiary/aromatic N) is 2. The van der Waals surface area contributed by atoms with E-state index in [2.05, 4.69) is 30.8 Å². The lowest BCUT2D eigenvalue weighted by molar-refractivity contribution is -0.229. The van der Waals surface area contributed by atoms with E-state index in [-0.39, 0.29) is 49.3 Å². The highest BCUT2D eigenvalue weighted by Gasteiger charge is 2.63. The zero-order valence-electron chi connectivity index (χ0n) is 35.1. The Morgan fingerprint density at radius 3 is 2.22 bits per heavy atom. The van der Waals surface area contributed by atoms with E-state index in [1.165, 1.54) is 21.0 Å². The third kappa shape index (κ3) is 9.79. The van der Waals surface area contributed by atoms with Crippen LogP contribution in [0.25, 0.3) is 0 Å². The monoisotopic (exact) mass is 801 g/mol. The van der Waals surface area contributed by atoms with E-state index in [4.69, 9.17) is 29.4 Å². The Morgan fingerprint density at radius 1 is 1.07 bits per heavy atom. The molecule has 3 saturated heterocycles. The molecule has 0 saturated carbocycles. The number of esters is 2. The first-order chi connectivity index (χ1) is 25.5. The fourth-order valence-corrected chi connectivity index (χ4v) is 12.0. The van der Waals surface area contributed by atoms with Gasteiger partial charge in [-0.2, -0.15) is 0 Å². The van der Waals surface area contributed by atoms with Crippen molar-refractivity contribution in [1.82, 2.24) is 4.90 Å². The second-order valence-corrected chi connectivity index (χ2v) is 21.7. The molecule has 14 nitrogen and oxygen atoms in total. The highest BCUT2D eigenvalue weighted by Crippen LogP contribution is 2.48. The summed E-state index contributed by atoms with van der Waals surface area (Å²) in [6, 6.07) is 1.66. The lowest BCUT2D eigenvalue weighted by Gasteiger charge is -2.43. The number of amidine groups is 1. The first kappa shape index (κ1) is 46.9. The van der Waals surface area contributed by atoms with Crippen LogP contribution >= 0.6 is 0 Å². The molecule has 316 valence electrons. The van der Waals surface area contributed by atoms with Gasteiger partial charge in [0, 0.05) is 49.8 Å². The number of halogens is 1. The molecule has 0 aromatic carbocycles. The lowest BCUT2D eigenvalue weighted by Crippen LogP contribution is -2.56. The molecule has 3 fully saturated rings. The van der Waals surface area contributed by atoms with Crippen molar-refractivity contribution in [3.8, 4) is 0 Å². The number of methoxy groups -OCH3 is 1. The van der Waals surface area contributed by atoms with Crippen LogP contribution in [0.3, 0.4) is 0 Å². The highest BCUT2D eigenvalue weighted by atomic mass is 28.4. The minimum Gasteiger partial charge on any atom is -0.455 e. The SMILES string of the molecule is CCC1OC(=O)C(C)(F)C(=O)C(C)CC(COC2CC(N(C)CC(C)[Si](O)(CC)CC)CC(C)O2)(OC)CC(C)C(=O)C(C)C2C(C(N)=NO)C(=O)OC12C. The smallest absolute Gasteiger partial charge is 0.351 e. The molecule has 13 atom stereocenters. The third-order valence-corrected chi connectivity index (χ3v) is 17.6. The van der Waals surface area contributed by atoms with Gasteiger partial charge in [-0.1, -0.05) is 53.6 Å². The van der Waals surface area contributed by atoms with Gasteiger partial charge >= 0.3 is 11.9 Å². The van der Waals surface area contributed by atoms with E-state index in [1.807, 2.05) is 14.0 Å². The molecule has 0 aliphatic carbocycles. The first-order valence-electron chi connectivity index (χ1n) is 19.9. The molecule has 0 amide bonds. The Bertz CT molecular complexity index is 1410. The van der Waals surface area contributed by atoms with Crippen LogP contribution < -0.4 is 5.73 Å². The Kier molecular flexibility index (Phi) is 15.7. The molecule has 16 heteroatoms. The minimum atomic E-state index is -3.09. The molecule has 3 heterocycles. The topological polar surface area (TPSA) is 197 Å². The molecular weight excluding hydrogens is 734 g/mol. The fraction of sp³-hybridized carbons (Fsp3) is 0.872. The first-order valence-corrected chi connectivity index (χ1v) is 22.4. The molecular formula is C39H68FN3O11Si. The number of carbonyl (C=O) groups is 4. The molecule has 0 aromatic heterocycles. The van der Waals surface area contributed by atoms with E-state index in [1.54, 1.807) is 20.8 Å². The van der Waals surface area contributed by atoms with E-state index < -0.39 is 90.7 Å². The molecule has 3 aliphatic heterocycles. The number of nitrogens with two attached hydrogens (primary N) is 1. The van der Waals surface area contributed by atoms with Crippen LogP contribution in [0.5, 0.6) is 0 Å². The molecule has 4 N–H and O–H groups in total. The maximum absolute atomic E-state index is 16.4. The molecule has 13 unspecified atom stereocenters. The number of ether oxygens (including phenoxy) is 5. The van der Waals surface area contributed by atoms with E-state index >= 15 is 4.39 Å². The van der Waals surface area contributed by atoms with Gasteiger partial charge in [-0.05, 0) is 71.1 Å². The van der Waals surface area contributed by atoms with Gasteiger partial charge in [-0.25, -0.2) is 9.18 Å². The second kappa shape index (κ2) is 18.4. The number of hydrogen-bond donors (Lipinski definition) is 3. The van der Waals surface area contributed by atoms with Crippen molar-refractivity contribution in [3.63, 3.8) is 0 Å². The molecule has 3 rings (SSSR count). The molecule has 0 aromatic rings. The molecule has 0 bridgehead atoms. The fourth-order valence-electron chi connectivity index (χ4n) is 9.51. The average Bonchev–Trinajstić information content (AvgIpc) is 3.43. The standard InChI is InChI=1S/C39H68FN3O11Si/c1-13-28-38(10)31(30(34(41)42-48)35(46)54-38)26(8)32(44)22(4)18-39(50-12,19-23(5)33(45)37(9,40)36(47)53-28)21-51-29-17-27(16-24(6)52-29)43(11)20-25(7)55(49,14-2)15-3/h22-31,48-49H,13-21H2,1-12H3,(H2,41,42).